The predicted octanol–water partition coefficient (Wildman–Crippen LogP) is 1.93. The Morgan fingerprint density at radius 1 is 1.47 bits per heavy atom. The maximum Gasteiger partial charge on any atom is 0.189 e. The second-order valence-corrected chi connectivity index (χ2v) is 5.31. The van der Waals surface area contributed by atoms with Gasteiger partial charge in [0.1, 0.15) is 5.82 Å². The summed E-state index contributed by atoms with van der Waals surface area (Å²) >= 11 is 1.54. The molecule has 2 rings (SSSR count). The smallest absolute Gasteiger partial charge is 0.189 e. The Labute approximate surface area is 106 Å². The number of rotatable bonds is 3. The van der Waals surface area contributed by atoms with E-state index in [9.17, 15) is 5.11 Å². The van der Waals surface area contributed by atoms with E-state index in [1.165, 1.54) is 24.6 Å². The molecule has 0 atom stereocenters. The Morgan fingerprint density at radius 2 is 2.18 bits per heavy atom. The lowest BCUT2D eigenvalue weighted by Crippen LogP contribution is -2.34. The number of aliphatic hydroxyl groups is 1. The van der Waals surface area contributed by atoms with E-state index in [0.29, 0.717) is 0 Å². The first-order valence-electron chi connectivity index (χ1n) is 6.00. The highest BCUT2D eigenvalue weighted by atomic mass is 32.2. The Balaban J connectivity index is 2.23. The molecule has 5 heteroatoms. The van der Waals surface area contributed by atoms with E-state index in [1.54, 1.807) is 6.20 Å². The van der Waals surface area contributed by atoms with Crippen molar-refractivity contribution in [3.05, 3.63) is 11.8 Å². The fraction of sp³-hybridized carbons (Fsp3) is 0.667. The molecule has 0 aromatic carbocycles. The predicted molar refractivity (Wildman–Crippen MR) is 70.3 cm³/mol. The first kappa shape index (κ1) is 12.6. The number of aromatic nitrogens is 2. The highest BCUT2D eigenvalue weighted by molar-refractivity contribution is 7.98. The monoisotopic (exact) mass is 253 g/mol. The zero-order valence-electron chi connectivity index (χ0n) is 10.4. The van der Waals surface area contributed by atoms with Gasteiger partial charge < -0.3 is 10.0 Å². The summed E-state index contributed by atoms with van der Waals surface area (Å²) < 4.78 is 0. The molecule has 1 fully saturated rings. The van der Waals surface area contributed by atoms with Gasteiger partial charge >= 0.3 is 0 Å². The molecular formula is C12H19N3OS. The fourth-order valence-electron chi connectivity index (χ4n) is 2.09. The van der Waals surface area contributed by atoms with Gasteiger partial charge in [0.25, 0.3) is 0 Å². The van der Waals surface area contributed by atoms with E-state index < -0.39 is 0 Å². The molecule has 17 heavy (non-hydrogen) atoms. The largest absolute Gasteiger partial charge is 0.391 e. The van der Waals surface area contributed by atoms with Crippen molar-refractivity contribution in [2.75, 3.05) is 24.2 Å². The second-order valence-electron chi connectivity index (χ2n) is 4.53. The van der Waals surface area contributed by atoms with Gasteiger partial charge in [-0.15, -0.1) is 0 Å². The second kappa shape index (κ2) is 5.69. The Hall–Kier alpha value is -0.810. The molecule has 94 valence electrons. The van der Waals surface area contributed by atoms with E-state index in [4.69, 9.17) is 0 Å². The van der Waals surface area contributed by atoms with Gasteiger partial charge in [-0.1, -0.05) is 18.7 Å². The third-order valence-electron chi connectivity index (χ3n) is 3.26. The zero-order valence-corrected chi connectivity index (χ0v) is 11.2. The van der Waals surface area contributed by atoms with Gasteiger partial charge in [-0.05, 0) is 25.0 Å². The minimum atomic E-state index is 0.00997. The first-order valence-corrected chi connectivity index (χ1v) is 7.22. The number of hydrogen-bond donors (Lipinski definition) is 1. The molecule has 1 aliphatic rings. The van der Waals surface area contributed by atoms with E-state index in [1.807, 2.05) is 6.26 Å². The van der Waals surface area contributed by atoms with Crippen LogP contribution in [0.5, 0.6) is 0 Å². The molecular weight excluding hydrogens is 234 g/mol. The lowest BCUT2D eigenvalue weighted by Gasteiger charge is -2.32. The van der Waals surface area contributed by atoms with Crippen LogP contribution in [0.4, 0.5) is 5.82 Å². The molecule has 1 aromatic rings. The zero-order chi connectivity index (χ0) is 12.3. The summed E-state index contributed by atoms with van der Waals surface area (Å²) in [5.74, 6) is 1.71. The molecule has 0 saturated carbocycles. The van der Waals surface area contributed by atoms with Crippen molar-refractivity contribution in [3.63, 3.8) is 0 Å². The van der Waals surface area contributed by atoms with E-state index in [-0.39, 0.29) is 6.61 Å². The lowest BCUT2D eigenvalue weighted by molar-refractivity contribution is 0.280. The van der Waals surface area contributed by atoms with Crippen LogP contribution in [0.25, 0.3) is 0 Å². The van der Waals surface area contributed by atoms with Gasteiger partial charge in [-0.2, -0.15) is 0 Å². The molecule has 1 N–H and O–H groups in total. The fourth-order valence-corrected chi connectivity index (χ4v) is 2.42. The van der Waals surface area contributed by atoms with Gasteiger partial charge in [-0.25, -0.2) is 9.97 Å². The van der Waals surface area contributed by atoms with Gasteiger partial charge in [-0.3, -0.25) is 0 Å². The van der Waals surface area contributed by atoms with Crippen LogP contribution in [-0.2, 0) is 6.61 Å². The van der Waals surface area contributed by atoms with Gasteiger partial charge in [0, 0.05) is 24.8 Å². The molecule has 0 radical (unpaired) electrons. The number of thioether (sulfide) groups is 1. The Bertz CT molecular complexity index is 378. The summed E-state index contributed by atoms with van der Waals surface area (Å²) in [4.78, 5) is 11.0. The van der Waals surface area contributed by atoms with Crippen molar-refractivity contribution in [2.45, 2.75) is 31.5 Å². The maximum absolute atomic E-state index is 9.35. The summed E-state index contributed by atoms with van der Waals surface area (Å²) in [7, 11) is 0. The van der Waals surface area contributed by atoms with Crippen LogP contribution < -0.4 is 4.90 Å². The molecule has 1 aromatic heterocycles. The molecule has 0 bridgehead atoms. The van der Waals surface area contributed by atoms with Crippen LogP contribution in [0.15, 0.2) is 11.4 Å². The summed E-state index contributed by atoms with van der Waals surface area (Å²) in [6.07, 6.45) is 6.11. The third-order valence-corrected chi connectivity index (χ3v) is 3.82. The molecule has 4 nitrogen and oxygen atoms in total. The molecule has 0 unspecified atom stereocenters. The number of nitrogens with zero attached hydrogens (tertiary/aromatic N) is 3. The molecule has 1 saturated heterocycles. The van der Waals surface area contributed by atoms with Crippen molar-refractivity contribution in [1.29, 1.82) is 0 Å². The topological polar surface area (TPSA) is 49.3 Å². The van der Waals surface area contributed by atoms with Crippen molar-refractivity contribution in [2.24, 2.45) is 5.92 Å². The van der Waals surface area contributed by atoms with Crippen molar-refractivity contribution in [1.82, 2.24) is 9.97 Å². The minimum absolute atomic E-state index is 0.00997. The summed E-state index contributed by atoms with van der Waals surface area (Å²) in [6.45, 7) is 4.35. The van der Waals surface area contributed by atoms with Crippen molar-refractivity contribution in [3.8, 4) is 0 Å². The number of aliphatic hydroxyl groups excluding tert-OH is 1. The highest BCUT2D eigenvalue weighted by Gasteiger charge is 2.19. The molecule has 2 heterocycles. The average Bonchev–Trinajstić information content (AvgIpc) is 2.39. The minimum Gasteiger partial charge on any atom is -0.391 e. The van der Waals surface area contributed by atoms with E-state index >= 15 is 0 Å². The van der Waals surface area contributed by atoms with Crippen molar-refractivity contribution >= 4 is 17.6 Å². The summed E-state index contributed by atoms with van der Waals surface area (Å²) in [5, 5.41) is 10.1. The van der Waals surface area contributed by atoms with Crippen molar-refractivity contribution < 1.29 is 5.11 Å². The van der Waals surface area contributed by atoms with E-state index in [0.717, 1.165) is 35.5 Å². The number of anilines is 1. The molecule has 0 spiro atoms. The van der Waals surface area contributed by atoms with E-state index in [2.05, 4.69) is 21.8 Å². The Kier molecular flexibility index (Phi) is 4.23. The number of piperidine rings is 1. The van der Waals surface area contributed by atoms with Crippen LogP contribution in [0.1, 0.15) is 25.3 Å². The summed E-state index contributed by atoms with van der Waals surface area (Å²) in [5.41, 5.74) is 0.831. The highest BCUT2D eigenvalue weighted by Crippen LogP contribution is 2.25. The molecule has 0 amide bonds. The van der Waals surface area contributed by atoms with Gasteiger partial charge in [0.2, 0.25) is 0 Å². The van der Waals surface area contributed by atoms with Gasteiger partial charge in [0.05, 0.1) is 6.61 Å². The van der Waals surface area contributed by atoms with Gasteiger partial charge in [0.15, 0.2) is 5.16 Å². The number of hydrogen-bond acceptors (Lipinski definition) is 5. The normalized spacial score (nSPS) is 17.5. The summed E-state index contributed by atoms with van der Waals surface area (Å²) in [6, 6.07) is 0. The molecule has 1 aliphatic heterocycles. The van der Waals surface area contributed by atoms with Crippen LogP contribution >= 0.6 is 11.8 Å². The van der Waals surface area contributed by atoms with Crippen LogP contribution in [-0.4, -0.2) is 34.4 Å². The third kappa shape index (κ3) is 2.90. The van der Waals surface area contributed by atoms with Crippen LogP contribution in [0.2, 0.25) is 0 Å². The van der Waals surface area contributed by atoms with Crippen LogP contribution in [0, 0.1) is 5.92 Å². The lowest BCUT2D eigenvalue weighted by atomic mass is 9.99. The Morgan fingerprint density at radius 3 is 2.76 bits per heavy atom. The average molecular weight is 253 g/mol. The SMILES string of the molecule is CSc1ncc(CO)c(N2CCC(C)CC2)n1. The quantitative estimate of drug-likeness (QED) is 0.659. The van der Waals surface area contributed by atoms with Crippen LogP contribution in [0.3, 0.4) is 0 Å². The molecule has 0 aliphatic carbocycles. The standard InChI is InChI=1S/C12H19N3OS/c1-9-3-5-15(6-4-9)11-10(8-16)7-13-12(14-11)17-2/h7,9,16H,3-6,8H2,1-2H3. The maximum atomic E-state index is 9.35. The first-order chi connectivity index (χ1) is 8.24.